The van der Waals surface area contributed by atoms with Gasteiger partial charge in [0.1, 0.15) is 6.33 Å². The highest BCUT2D eigenvalue weighted by Gasteiger charge is 2.23. The number of rotatable bonds is 3. The van der Waals surface area contributed by atoms with E-state index in [4.69, 9.17) is 4.98 Å². The molecule has 1 aliphatic rings. The average Bonchev–Trinajstić information content (AvgIpc) is 3.28. The number of nitriles is 1. The first-order valence-electron chi connectivity index (χ1n) is 11.3. The third kappa shape index (κ3) is 4.35. The molecule has 170 valence electrons. The molecule has 0 saturated carbocycles. The van der Waals surface area contributed by atoms with E-state index in [0.717, 1.165) is 64.2 Å². The Morgan fingerprint density at radius 1 is 1.15 bits per heavy atom. The van der Waals surface area contributed by atoms with Crippen molar-refractivity contribution < 1.29 is 4.79 Å². The molecule has 7 nitrogen and oxygen atoms in total. The second kappa shape index (κ2) is 9.20. The van der Waals surface area contributed by atoms with Gasteiger partial charge in [0, 0.05) is 29.7 Å². The summed E-state index contributed by atoms with van der Waals surface area (Å²) in [5.41, 5.74) is 4.87. The predicted octanol–water partition coefficient (Wildman–Crippen LogP) is 5.86. The Morgan fingerprint density at radius 3 is 2.76 bits per heavy atom. The summed E-state index contributed by atoms with van der Waals surface area (Å²) in [5.74, 6) is 0.648. The molecule has 0 spiro atoms. The van der Waals surface area contributed by atoms with Crippen LogP contribution < -0.4 is 5.32 Å². The van der Waals surface area contributed by atoms with Crippen LogP contribution in [0.4, 0.5) is 9.93 Å². The summed E-state index contributed by atoms with van der Waals surface area (Å²) >= 11 is 1.43. The molecule has 0 bridgehead atoms. The maximum Gasteiger partial charge on any atom is 0.323 e. The summed E-state index contributed by atoms with van der Waals surface area (Å²) in [6, 6.07) is 15.5. The van der Waals surface area contributed by atoms with Crippen LogP contribution in [-0.2, 0) is 0 Å². The number of nitrogens with zero attached hydrogens (tertiary/aromatic N) is 5. The number of aryl methyl sites for hydroxylation is 1. The smallest absolute Gasteiger partial charge is 0.323 e. The van der Waals surface area contributed by atoms with Crippen molar-refractivity contribution in [3.8, 4) is 27.8 Å². The highest BCUT2D eigenvalue weighted by molar-refractivity contribution is 7.19. The summed E-state index contributed by atoms with van der Waals surface area (Å²) in [6.45, 7) is 5.70. The lowest BCUT2D eigenvalue weighted by atomic mass is 10.00. The quantitative estimate of drug-likeness (QED) is 0.406. The van der Waals surface area contributed by atoms with Crippen molar-refractivity contribution in [3.05, 3.63) is 60.0 Å². The molecular formula is C26H24N6OS. The number of carbonyl (C=O) groups is 1. The number of anilines is 1. The van der Waals surface area contributed by atoms with Gasteiger partial charge >= 0.3 is 6.03 Å². The minimum absolute atomic E-state index is 0.118. The normalized spacial score (nSPS) is 14.2. The van der Waals surface area contributed by atoms with Gasteiger partial charge in [-0.1, -0.05) is 36.5 Å². The Kier molecular flexibility index (Phi) is 5.95. The lowest BCUT2D eigenvalue weighted by molar-refractivity contribution is 0.186. The third-order valence-electron chi connectivity index (χ3n) is 6.27. The fraction of sp³-hybridized carbons (Fsp3) is 0.269. The molecule has 2 amide bonds. The number of thiazole rings is 1. The Morgan fingerprint density at radius 2 is 1.97 bits per heavy atom. The van der Waals surface area contributed by atoms with Crippen molar-refractivity contribution >= 4 is 33.4 Å². The fourth-order valence-electron chi connectivity index (χ4n) is 4.21. The molecule has 0 aliphatic carbocycles. The molecule has 2 aromatic heterocycles. The second-order valence-electron chi connectivity index (χ2n) is 8.68. The fourth-order valence-corrected chi connectivity index (χ4v) is 5.18. The van der Waals surface area contributed by atoms with Crippen molar-refractivity contribution in [2.45, 2.75) is 26.7 Å². The summed E-state index contributed by atoms with van der Waals surface area (Å²) < 4.78 is 0. The van der Waals surface area contributed by atoms with Gasteiger partial charge in [0.05, 0.1) is 27.7 Å². The highest BCUT2D eigenvalue weighted by Crippen LogP contribution is 2.40. The molecule has 2 aromatic carbocycles. The summed E-state index contributed by atoms with van der Waals surface area (Å²) in [5, 5.41) is 13.9. The molecule has 1 saturated heterocycles. The van der Waals surface area contributed by atoms with E-state index in [-0.39, 0.29) is 6.03 Å². The largest absolute Gasteiger partial charge is 0.324 e. The molecule has 34 heavy (non-hydrogen) atoms. The third-order valence-corrected chi connectivity index (χ3v) is 7.29. The molecule has 0 unspecified atom stereocenters. The minimum Gasteiger partial charge on any atom is -0.324 e. The maximum absolute atomic E-state index is 12.9. The SMILES string of the molecule is Cc1ncnc2ccc(-c3sc(NC(=O)N4CCC(C)CC4)nc3-c3cccc(C#N)c3)cc12. The Balaban J connectivity index is 1.56. The van der Waals surface area contributed by atoms with Gasteiger partial charge in [-0.25, -0.2) is 19.7 Å². The Hall–Kier alpha value is -3.83. The van der Waals surface area contributed by atoms with E-state index in [1.54, 1.807) is 12.4 Å². The van der Waals surface area contributed by atoms with E-state index in [9.17, 15) is 10.1 Å². The number of hydrogen-bond donors (Lipinski definition) is 1. The van der Waals surface area contributed by atoms with E-state index >= 15 is 0 Å². The average molecular weight is 469 g/mol. The van der Waals surface area contributed by atoms with Crippen molar-refractivity contribution in [2.24, 2.45) is 5.92 Å². The van der Waals surface area contributed by atoms with Gasteiger partial charge in [0.25, 0.3) is 0 Å². The summed E-state index contributed by atoms with van der Waals surface area (Å²) in [6.07, 6.45) is 3.60. The van der Waals surface area contributed by atoms with Crippen molar-refractivity contribution in [2.75, 3.05) is 18.4 Å². The van der Waals surface area contributed by atoms with Crippen LogP contribution in [0.1, 0.15) is 31.0 Å². The lowest BCUT2D eigenvalue weighted by Gasteiger charge is -2.29. The number of carbonyl (C=O) groups excluding carboxylic acids is 1. The van der Waals surface area contributed by atoms with Crippen LogP contribution in [0.25, 0.3) is 32.6 Å². The first kappa shape index (κ1) is 22.0. The molecule has 5 rings (SSSR count). The Labute approximate surface area is 202 Å². The maximum atomic E-state index is 12.9. The van der Waals surface area contributed by atoms with Gasteiger partial charge in [-0.15, -0.1) is 0 Å². The molecule has 1 N–H and O–H groups in total. The number of amides is 2. The first-order valence-corrected chi connectivity index (χ1v) is 12.1. The zero-order valence-corrected chi connectivity index (χ0v) is 19.9. The Bertz CT molecular complexity index is 1410. The number of nitrogens with one attached hydrogen (secondary N) is 1. The standard InChI is InChI=1S/C26H24N6OS/c1-16-8-10-32(11-9-16)26(33)31-25-30-23(19-5-3-4-18(12-19)14-27)24(34-25)20-6-7-22-21(13-20)17(2)28-15-29-22/h3-7,12-13,15-16H,8-11H2,1-2H3,(H,30,31,33). The first-order chi connectivity index (χ1) is 16.5. The van der Waals surface area contributed by atoms with E-state index in [2.05, 4.69) is 34.3 Å². The van der Waals surface area contributed by atoms with Crippen molar-refractivity contribution in [1.82, 2.24) is 19.9 Å². The number of aromatic nitrogens is 3. The second-order valence-corrected chi connectivity index (χ2v) is 9.68. The zero-order chi connectivity index (χ0) is 23.7. The van der Waals surface area contributed by atoms with Gasteiger partial charge in [0.2, 0.25) is 0 Å². The highest BCUT2D eigenvalue weighted by atomic mass is 32.1. The van der Waals surface area contributed by atoms with E-state index in [1.165, 1.54) is 11.3 Å². The molecular weight excluding hydrogens is 444 g/mol. The van der Waals surface area contributed by atoms with Crippen molar-refractivity contribution in [1.29, 1.82) is 5.26 Å². The molecule has 4 aromatic rings. The number of likely N-dealkylation sites (tertiary alicyclic amines) is 1. The minimum atomic E-state index is -0.118. The van der Waals surface area contributed by atoms with Gasteiger partial charge in [-0.2, -0.15) is 5.26 Å². The van der Waals surface area contributed by atoms with Crippen LogP contribution in [0.3, 0.4) is 0 Å². The monoisotopic (exact) mass is 468 g/mol. The number of urea groups is 1. The molecule has 0 atom stereocenters. The summed E-state index contributed by atoms with van der Waals surface area (Å²) in [4.78, 5) is 29.2. The van der Waals surface area contributed by atoms with Gasteiger partial charge in [-0.05, 0) is 55.5 Å². The van der Waals surface area contributed by atoms with Crippen molar-refractivity contribution in [3.63, 3.8) is 0 Å². The topological polar surface area (TPSA) is 94.8 Å². The van der Waals surface area contributed by atoms with E-state index < -0.39 is 0 Å². The number of hydrogen-bond acceptors (Lipinski definition) is 6. The van der Waals surface area contributed by atoms with Gasteiger partial charge in [0.15, 0.2) is 5.13 Å². The number of fused-ring (bicyclic) bond motifs is 1. The van der Waals surface area contributed by atoms with Crippen LogP contribution in [0.2, 0.25) is 0 Å². The van der Waals surface area contributed by atoms with Crippen LogP contribution in [0.5, 0.6) is 0 Å². The van der Waals surface area contributed by atoms with E-state index in [1.807, 2.05) is 42.2 Å². The number of benzene rings is 2. The van der Waals surface area contributed by atoms with Gasteiger partial charge in [-0.3, -0.25) is 5.32 Å². The molecule has 1 fully saturated rings. The molecule has 0 radical (unpaired) electrons. The number of piperidine rings is 1. The van der Waals surface area contributed by atoms with Crippen LogP contribution in [0.15, 0.2) is 48.8 Å². The summed E-state index contributed by atoms with van der Waals surface area (Å²) in [7, 11) is 0. The van der Waals surface area contributed by atoms with E-state index in [0.29, 0.717) is 16.6 Å². The molecule has 8 heteroatoms. The van der Waals surface area contributed by atoms with Gasteiger partial charge < -0.3 is 4.90 Å². The molecule has 3 heterocycles. The molecule has 1 aliphatic heterocycles. The zero-order valence-electron chi connectivity index (χ0n) is 19.1. The predicted molar refractivity (Wildman–Crippen MR) is 135 cm³/mol. The lowest BCUT2D eigenvalue weighted by Crippen LogP contribution is -2.40. The van der Waals surface area contributed by atoms with Crippen LogP contribution >= 0.6 is 11.3 Å². The van der Waals surface area contributed by atoms with Crippen LogP contribution in [-0.4, -0.2) is 39.0 Å². The van der Waals surface area contributed by atoms with Crippen LogP contribution in [0, 0.1) is 24.2 Å².